The Morgan fingerprint density at radius 2 is 2.08 bits per heavy atom. The number of nitrogens with one attached hydrogen (secondary N) is 1. The summed E-state index contributed by atoms with van der Waals surface area (Å²) in [5.74, 6) is 2.29. The normalized spacial score (nSPS) is 14.8. The van der Waals surface area contributed by atoms with Gasteiger partial charge in [0.15, 0.2) is 0 Å². The van der Waals surface area contributed by atoms with Gasteiger partial charge in [-0.25, -0.2) is 4.98 Å². The number of anilines is 1. The number of amides is 1. The highest BCUT2D eigenvalue weighted by Gasteiger charge is 2.26. The summed E-state index contributed by atoms with van der Waals surface area (Å²) in [7, 11) is 0. The zero-order valence-electron chi connectivity index (χ0n) is 14.7. The van der Waals surface area contributed by atoms with Crippen LogP contribution in [0.1, 0.15) is 27.7 Å². The van der Waals surface area contributed by atoms with E-state index in [4.69, 9.17) is 13.6 Å². The number of aromatic nitrogens is 2. The van der Waals surface area contributed by atoms with Gasteiger partial charge in [0.05, 0.1) is 37.0 Å². The Bertz CT molecular complexity index is 926. The van der Waals surface area contributed by atoms with E-state index in [2.05, 4.69) is 20.2 Å². The average molecular weight is 356 g/mol. The molecule has 4 rings (SSSR count). The zero-order chi connectivity index (χ0) is 18.1. The summed E-state index contributed by atoms with van der Waals surface area (Å²) in [5.41, 5.74) is 0.896. The third-order valence-corrected chi connectivity index (χ3v) is 4.36. The molecule has 0 aromatic carbocycles. The van der Waals surface area contributed by atoms with E-state index in [1.54, 1.807) is 19.3 Å². The van der Waals surface area contributed by atoms with Crippen LogP contribution in [-0.2, 0) is 11.3 Å². The predicted molar refractivity (Wildman–Crippen MR) is 94.2 cm³/mol. The molecule has 8 nitrogen and oxygen atoms in total. The lowest BCUT2D eigenvalue weighted by Gasteiger charge is -2.28. The molecule has 1 amide bonds. The molecular weight excluding hydrogens is 336 g/mol. The van der Waals surface area contributed by atoms with Crippen molar-refractivity contribution in [3.63, 3.8) is 0 Å². The predicted octanol–water partition coefficient (Wildman–Crippen LogP) is 2.20. The number of rotatable bonds is 4. The third kappa shape index (κ3) is 3.03. The Morgan fingerprint density at radius 3 is 2.81 bits per heavy atom. The van der Waals surface area contributed by atoms with Gasteiger partial charge in [0.25, 0.3) is 5.91 Å². The molecule has 1 N–H and O–H groups in total. The van der Waals surface area contributed by atoms with Crippen LogP contribution >= 0.6 is 0 Å². The minimum Gasteiger partial charge on any atom is -0.467 e. The Morgan fingerprint density at radius 1 is 1.27 bits per heavy atom. The number of morpholine rings is 1. The molecule has 3 aromatic heterocycles. The van der Waals surface area contributed by atoms with Crippen molar-refractivity contribution in [3.05, 3.63) is 41.3 Å². The molecule has 4 heterocycles. The lowest BCUT2D eigenvalue weighted by molar-refractivity contribution is 0.0948. The van der Waals surface area contributed by atoms with Gasteiger partial charge in [-0.2, -0.15) is 4.98 Å². The van der Waals surface area contributed by atoms with Gasteiger partial charge >= 0.3 is 0 Å². The van der Waals surface area contributed by atoms with Crippen molar-refractivity contribution in [1.82, 2.24) is 15.3 Å². The summed E-state index contributed by atoms with van der Waals surface area (Å²) < 4.78 is 16.5. The van der Waals surface area contributed by atoms with E-state index >= 15 is 0 Å². The minimum absolute atomic E-state index is 0.236. The van der Waals surface area contributed by atoms with Gasteiger partial charge in [0.1, 0.15) is 23.2 Å². The number of carbonyl (C=O) groups is 1. The van der Waals surface area contributed by atoms with Crippen molar-refractivity contribution >= 4 is 22.8 Å². The van der Waals surface area contributed by atoms with E-state index in [9.17, 15) is 4.79 Å². The van der Waals surface area contributed by atoms with Gasteiger partial charge in [-0.3, -0.25) is 4.79 Å². The smallest absolute Gasteiger partial charge is 0.256 e. The summed E-state index contributed by atoms with van der Waals surface area (Å²) in [5, 5.41) is 3.52. The molecule has 0 unspecified atom stereocenters. The fraction of sp³-hybridized carbons (Fsp3) is 0.389. The molecule has 1 aliphatic heterocycles. The highest BCUT2D eigenvalue weighted by atomic mass is 16.5. The molecule has 1 fully saturated rings. The summed E-state index contributed by atoms with van der Waals surface area (Å²) in [6.45, 7) is 6.56. The van der Waals surface area contributed by atoms with Crippen LogP contribution in [0.3, 0.4) is 0 Å². The van der Waals surface area contributed by atoms with Crippen LogP contribution in [0.2, 0.25) is 0 Å². The van der Waals surface area contributed by atoms with Crippen LogP contribution in [-0.4, -0.2) is 42.2 Å². The summed E-state index contributed by atoms with van der Waals surface area (Å²) in [6.07, 6.45) is 1.58. The van der Waals surface area contributed by atoms with Crippen molar-refractivity contribution in [1.29, 1.82) is 0 Å². The second kappa shape index (κ2) is 6.80. The number of fused-ring (bicyclic) bond motifs is 1. The Hall–Kier alpha value is -2.87. The maximum Gasteiger partial charge on any atom is 0.256 e. The summed E-state index contributed by atoms with van der Waals surface area (Å²) >= 11 is 0. The van der Waals surface area contributed by atoms with E-state index < -0.39 is 0 Å². The summed E-state index contributed by atoms with van der Waals surface area (Å²) in [4.78, 5) is 23.9. The van der Waals surface area contributed by atoms with E-state index in [-0.39, 0.29) is 5.91 Å². The van der Waals surface area contributed by atoms with E-state index in [1.807, 2.05) is 13.0 Å². The van der Waals surface area contributed by atoms with Crippen molar-refractivity contribution in [2.24, 2.45) is 0 Å². The van der Waals surface area contributed by atoms with Crippen molar-refractivity contribution in [3.8, 4) is 0 Å². The molecule has 3 aromatic rings. The zero-order valence-corrected chi connectivity index (χ0v) is 14.7. The van der Waals surface area contributed by atoms with Gasteiger partial charge in [0, 0.05) is 13.1 Å². The number of hydrogen-bond donors (Lipinski definition) is 1. The van der Waals surface area contributed by atoms with Crippen LogP contribution < -0.4 is 10.2 Å². The van der Waals surface area contributed by atoms with Crippen LogP contribution in [0, 0.1) is 13.8 Å². The van der Waals surface area contributed by atoms with Crippen LogP contribution in [0.5, 0.6) is 0 Å². The maximum absolute atomic E-state index is 12.8. The molecule has 136 valence electrons. The molecule has 0 spiro atoms. The SMILES string of the molecule is Cc1nc(N2CCOCC2)c2c(C(=O)NCc3ccco3)c(C)oc2n1. The fourth-order valence-electron chi connectivity index (χ4n) is 3.14. The molecule has 0 aliphatic carbocycles. The van der Waals surface area contributed by atoms with E-state index in [0.29, 0.717) is 66.9 Å². The fourth-order valence-corrected chi connectivity index (χ4v) is 3.14. The van der Waals surface area contributed by atoms with Crippen LogP contribution in [0.25, 0.3) is 11.1 Å². The largest absolute Gasteiger partial charge is 0.467 e. The Kier molecular flexibility index (Phi) is 4.34. The lowest BCUT2D eigenvalue weighted by Crippen LogP contribution is -2.37. The molecule has 26 heavy (non-hydrogen) atoms. The van der Waals surface area contributed by atoms with Crippen LogP contribution in [0.4, 0.5) is 5.82 Å². The van der Waals surface area contributed by atoms with Gasteiger partial charge in [-0.05, 0) is 26.0 Å². The first-order valence-corrected chi connectivity index (χ1v) is 8.54. The molecule has 0 saturated carbocycles. The molecule has 0 atom stereocenters. The molecule has 1 saturated heterocycles. The third-order valence-electron chi connectivity index (χ3n) is 4.36. The Labute approximate surface area is 150 Å². The van der Waals surface area contributed by atoms with Gasteiger partial charge in [0.2, 0.25) is 5.71 Å². The number of ether oxygens (including phenoxy) is 1. The second-order valence-corrected chi connectivity index (χ2v) is 6.17. The molecular formula is C18H20N4O4. The van der Waals surface area contributed by atoms with Crippen molar-refractivity contribution < 1.29 is 18.4 Å². The molecule has 1 aliphatic rings. The summed E-state index contributed by atoms with van der Waals surface area (Å²) in [6, 6.07) is 3.60. The Balaban J connectivity index is 1.73. The van der Waals surface area contributed by atoms with E-state index in [1.165, 1.54) is 0 Å². The van der Waals surface area contributed by atoms with Crippen LogP contribution in [0.15, 0.2) is 27.2 Å². The first-order valence-electron chi connectivity index (χ1n) is 8.54. The molecule has 8 heteroatoms. The molecule has 0 radical (unpaired) electrons. The number of furan rings is 2. The number of nitrogens with zero attached hydrogens (tertiary/aromatic N) is 3. The van der Waals surface area contributed by atoms with Crippen molar-refractivity contribution in [2.75, 3.05) is 31.2 Å². The maximum atomic E-state index is 12.8. The highest BCUT2D eigenvalue weighted by molar-refractivity contribution is 6.10. The first kappa shape index (κ1) is 16.6. The minimum atomic E-state index is -0.236. The standard InChI is InChI=1S/C18H20N4O4/c1-11-14(17(23)19-10-13-4-3-7-25-13)15-16(22-5-8-24-9-6-22)20-12(2)21-18(15)26-11/h3-4,7H,5-6,8-10H2,1-2H3,(H,19,23). The molecule has 0 bridgehead atoms. The average Bonchev–Trinajstić information content (AvgIpc) is 3.26. The van der Waals surface area contributed by atoms with E-state index in [0.717, 1.165) is 5.82 Å². The lowest BCUT2D eigenvalue weighted by atomic mass is 10.1. The van der Waals surface area contributed by atoms with Gasteiger partial charge in [-0.15, -0.1) is 0 Å². The topological polar surface area (TPSA) is 93.6 Å². The monoisotopic (exact) mass is 356 g/mol. The first-order chi connectivity index (χ1) is 12.6. The number of aryl methyl sites for hydroxylation is 2. The number of carbonyl (C=O) groups excluding carboxylic acids is 1. The van der Waals surface area contributed by atoms with Gasteiger partial charge in [-0.1, -0.05) is 0 Å². The van der Waals surface area contributed by atoms with Crippen molar-refractivity contribution in [2.45, 2.75) is 20.4 Å². The second-order valence-electron chi connectivity index (χ2n) is 6.17. The number of hydrogen-bond acceptors (Lipinski definition) is 7. The quantitative estimate of drug-likeness (QED) is 0.766. The highest BCUT2D eigenvalue weighted by Crippen LogP contribution is 2.32. The van der Waals surface area contributed by atoms with Gasteiger partial charge < -0.3 is 23.8 Å².